The van der Waals surface area contributed by atoms with E-state index in [0.29, 0.717) is 11.9 Å². The summed E-state index contributed by atoms with van der Waals surface area (Å²) < 4.78 is 1.63. The Bertz CT molecular complexity index is 906. The molecule has 116 valence electrons. The Morgan fingerprint density at radius 3 is 2.52 bits per heavy atom. The molecule has 0 saturated carbocycles. The summed E-state index contributed by atoms with van der Waals surface area (Å²) >= 11 is 0. The molecule has 0 radical (unpaired) electrons. The minimum Gasteiger partial charge on any atom is -0.274 e. The Morgan fingerprint density at radius 2 is 1.74 bits per heavy atom. The van der Waals surface area contributed by atoms with Gasteiger partial charge in [0.2, 0.25) is 5.91 Å². The van der Waals surface area contributed by atoms with E-state index in [1.54, 1.807) is 10.8 Å². The average Bonchev–Trinajstić information content (AvgIpc) is 2.54. The lowest BCUT2D eigenvalue weighted by Gasteiger charge is -2.08. The van der Waals surface area contributed by atoms with Crippen molar-refractivity contribution in [2.24, 2.45) is 4.99 Å². The molecular weight excluding hydrogens is 284 g/mol. The van der Waals surface area contributed by atoms with Crippen molar-refractivity contribution in [3.05, 3.63) is 77.9 Å². The first-order chi connectivity index (χ1) is 11.1. The normalized spacial score (nSPS) is 12.0. The van der Waals surface area contributed by atoms with Gasteiger partial charge in [-0.3, -0.25) is 14.4 Å². The van der Waals surface area contributed by atoms with Gasteiger partial charge >= 0.3 is 0 Å². The van der Waals surface area contributed by atoms with Gasteiger partial charge in [0.1, 0.15) is 5.49 Å². The monoisotopic (exact) mass is 304 g/mol. The number of aromatic nitrogens is 1. The summed E-state index contributed by atoms with van der Waals surface area (Å²) in [4.78, 5) is 17.2. The molecule has 0 fully saturated rings. The van der Waals surface area contributed by atoms with Crippen molar-refractivity contribution in [2.75, 3.05) is 0 Å². The molecule has 2 aromatic carbocycles. The summed E-state index contributed by atoms with van der Waals surface area (Å²) in [6.45, 7) is 4.01. The summed E-state index contributed by atoms with van der Waals surface area (Å²) in [6, 6.07) is 20.1. The predicted molar refractivity (Wildman–Crippen MR) is 93.4 cm³/mol. The summed E-state index contributed by atoms with van der Waals surface area (Å²) in [5, 5.41) is 2.34. The minimum absolute atomic E-state index is 0.0280. The topological polar surface area (TPSA) is 34.4 Å². The number of benzene rings is 2. The van der Waals surface area contributed by atoms with Gasteiger partial charge in [-0.25, -0.2) is 0 Å². The molecule has 1 aromatic heterocycles. The lowest BCUT2D eigenvalue weighted by Crippen LogP contribution is -2.28. The fourth-order valence-corrected chi connectivity index (χ4v) is 2.62. The Balaban J connectivity index is 1.92. The van der Waals surface area contributed by atoms with E-state index < -0.39 is 0 Å². The second-order valence-corrected chi connectivity index (χ2v) is 5.90. The highest BCUT2D eigenvalue weighted by Crippen LogP contribution is 2.16. The van der Waals surface area contributed by atoms with Gasteiger partial charge in [-0.2, -0.15) is 0 Å². The van der Waals surface area contributed by atoms with Crippen LogP contribution < -0.4 is 5.49 Å². The first-order valence-corrected chi connectivity index (χ1v) is 7.86. The number of hydrogen-bond donors (Lipinski definition) is 0. The zero-order valence-electron chi connectivity index (χ0n) is 13.4. The molecule has 0 aliphatic carbocycles. The van der Waals surface area contributed by atoms with Crippen LogP contribution in [0.2, 0.25) is 0 Å². The molecule has 3 rings (SSSR count). The van der Waals surface area contributed by atoms with Crippen LogP contribution in [0.25, 0.3) is 10.8 Å². The van der Waals surface area contributed by atoms with Crippen LogP contribution >= 0.6 is 0 Å². The van der Waals surface area contributed by atoms with Crippen LogP contribution in [0.3, 0.4) is 0 Å². The molecule has 0 atom stereocenters. The van der Waals surface area contributed by atoms with Gasteiger partial charge in [-0.15, -0.1) is 0 Å². The average molecular weight is 304 g/mol. The van der Waals surface area contributed by atoms with Crippen molar-refractivity contribution in [1.29, 1.82) is 0 Å². The van der Waals surface area contributed by atoms with Crippen molar-refractivity contribution in [1.82, 2.24) is 4.57 Å². The highest BCUT2D eigenvalue weighted by Gasteiger charge is 2.07. The highest BCUT2D eigenvalue weighted by atomic mass is 16.2. The van der Waals surface area contributed by atoms with Crippen LogP contribution in [0.4, 0.5) is 0 Å². The van der Waals surface area contributed by atoms with E-state index in [0.717, 1.165) is 10.9 Å². The maximum atomic E-state index is 12.7. The van der Waals surface area contributed by atoms with Gasteiger partial charge in [0.25, 0.3) is 0 Å². The van der Waals surface area contributed by atoms with Crippen molar-refractivity contribution in [3.63, 3.8) is 0 Å². The maximum Gasteiger partial charge on any atom is 0.236 e. The quantitative estimate of drug-likeness (QED) is 0.724. The lowest BCUT2D eigenvalue weighted by molar-refractivity contribution is 0.0908. The van der Waals surface area contributed by atoms with Crippen molar-refractivity contribution in [2.45, 2.75) is 26.3 Å². The Labute approximate surface area is 135 Å². The molecule has 23 heavy (non-hydrogen) atoms. The third-order valence-corrected chi connectivity index (χ3v) is 3.67. The SMILES string of the molecule is CC(C)N=c1ccccn1C(=O)Cc1ccc2ccccc2c1. The molecule has 0 unspecified atom stereocenters. The van der Waals surface area contributed by atoms with Crippen molar-refractivity contribution in [3.8, 4) is 0 Å². The number of rotatable bonds is 3. The molecule has 0 aliphatic heterocycles. The molecule has 1 heterocycles. The maximum absolute atomic E-state index is 12.7. The number of nitrogens with zero attached hydrogens (tertiary/aromatic N) is 2. The molecule has 3 heteroatoms. The first kappa shape index (κ1) is 15.2. The van der Waals surface area contributed by atoms with Crippen LogP contribution in [-0.4, -0.2) is 16.5 Å². The predicted octanol–water partition coefficient (Wildman–Crippen LogP) is 3.83. The fraction of sp³-hybridized carbons (Fsp3) is 0.200. The number of fused-ring (bicyclic) bond motifs is 1. The number of hydrogen-bond acceptors (Lipinski definition) is 2. The third-order valence-electron chi connectivity index (χ3n) is 3.67. The van der Waals surface area contributed by atoms with E-state index in [1.165, 1.54) is 5.39 Å². The van der Waals surface area contributed by atoms with Crippen LogP contribution in [0.15, 0.2) is 71.9 Å². The molecule has 3 nitrogen and oxygen atoms in total. The smallest absolute Gasteiger partial charge is 0.236 e. The van der Waals surface area contributed by atoms with Crippen molar-refractivity contribution >= 4 is 16.7 Å². The zero-order chi connectivity index (χ0) is 16.2. The minimum atomic E-state index is 0.0280. The largest absolute Gasteiger partial charge is 0.274 e. The molecule has 0 N–H and O–H groups in total. The van der Waals surface area contributed by atoms with E-state index in [9.17, 15) is 4.79 Å². The van der Waals surface area contributed by atoms with Crippen molar-refractivity contribution < 1.29 is 4.79 Å². The second kappa shape index (κ2) is 6.61. The molecule has 0 amide bonds. The Kier molecular flexibility index (Phi) is 4.38. The van der Waals surface area contributed by atoms with E-state index in [-0.39, 0.29) is 11.9 Å². The summed E-state index contributed by atoms with van der Waals surface area (Å²) in [5.74, 6) is 0.0280. The van der Waals surface area contributed by atoms with Crippen LogP contribution in [0.1, 0.15) is 24.2 Å². The fourth-order valence-electron chi connectivity index (χ4n) is 2.62. The summed E-state index contributed by atoms with van der Waals surface area (Å²) in [5.41, 5.74) is 1.72. The van der Waals surface area contributed by atoms with Gasteiger partial charge in [-0.1, -0.05) is 48.5 Å². The summed E-state index contributed by atoms with van der Waals surface area (Å²) in [6.07, 6.45) is 2.14. The van der Waals surface area contributed by atoms with Gasteiger partial charge in [-0.05, 0) is 42.3 Å². The van der Waals surface area contributed by atoms with Gasteiger partial charge in [0, 0.05) is 12.2 Å². The number of pyridine rings is 1. The summed E-state index contributed by atoms with van der Waals surface area (Å²) in [7, 11) is 0. The zero-order valence-corrected chi connectivity index (χ0v) is 13.4. The van der Waals surface area contributed by atoms with Gasteiger partial charge < -0.3 is 0 Å². The highest BCUT2D eigenvalue weighted by molar-refractivity contribution is 5.86. The molecule has 3 aromatic rings. The van der Waals surface area contributed by atoms with Gasteiger partial charge in [0.15, 0.2) is 0 Å². The standard InChI is InChI=1S/C20H20N2O/c1-15(2)21-19-9-5-6-12-22(19)20(23)14-16-10-11-17-7-3-4-8-18(17)13-16/h3-13,15H,14H2,1-2H3. The second-order valence-electron chi connectivity index (χ2n) is 5.90. The van der Waals surface area contributed by atoms with Crippen LogP contribution in [0.5, 0.6) is 0 Å². The van der Waals surface area contributed by atoms with Crippen LogP contribution in [-0.2, 0) is 6.42 Å². The molecular formula is C20H20N2O. The third kappa shape index (κ3) is 3.57. The number of carbonyl (C=O) groups is 1. The van der Waals surface area contributed by atoms with Crippen LogP contribution in [0, 0.1) is 0 Å². The van der Waals surface area contributed by atoms with E-state index in [1.807, 2.05) is 50.2 Å². The number of carbonyl (C=O) groups excluding carboxylic acids is 1. The molecule has 0 spiro atoms. The Hall–Kier alpha value is -2.68. The Morgan fingerprint density at radius 1 is 1.00 bits per heavy atom. The van der Waals surface area contributed by atoms with Gasteiger partial charge in [0.05, 0.1) is 6.42 Å². The molecule has 0 saturated heterocycles. The lowest BCUT2D eigenvalue weighted by atomic mass is 10.0. The molecule has 0 aliphatic rings. The van der Waals surface area contributed by atoms with E-state index in [2.05, 4.69) is 29.3 Å². The van der Waals surface area contributed by atoms with E-state index >= 15 is 0 Å². The van der Waals surface area contributed by atoms with E-state index in [4.69, 9.17) is 0 Å². The molecule has 0 bridgehead atoms. The first-order valence-electron chi connectivity index (χ1n) is 7.86.